The lowest BCUT2D eigenvalue weighted by atomic mass is 10.2. The van der Waals surface area contributed by atoms with E-state index in [4.69, 9.17) is 21.1 Å². The minimum Gasteiger partial charge on any atom is -0.493 e. The molecule has 0 unspecified atom stereocenters. The smallest absolute Gasteiger partial charge is 0.277 e. The number of benzene rings is 1. The maximum absolute atomic E-state index is 11.0. The summed E-state index contributed by atoms with van der Waals surface area (Å²) in [4.78, 5) is 10.5. The van der Waals surface area contributed by atoms with Gasteiger partial charge in [0.2, 0.25) is 0 Å². The average molecular weight is 306 g/mol. The van der Waals surface area contributed by atoms with Crippen LogP contribution in [0, 0.1) is 10.1 Å². The van der Waals surface area contributed by atoms with Crippen LogP contribution in [0.1, 0.15) is 12.5 Å². The summed E-state index contributed by atoms with van der Waals surface area (Å²) in [6.45, 7) is 2.54. The lowest BCUT2D eigenvalue weighted by Crippen LogP contribution is -2.04. The van der Waals surface area contributed by atoms with E-state index in [0.717, 1.165) is 11.5 Å². The van der Waals surface area contributed by atoms with Crippen LogP contribution in [0.25, 0.3) is 0 Å². The van der Waals surface area contributed by atoms with Crippen molar-refractivity contribution in [3.63, 3.8) is 0 Å². The summed E-state index contributed by atoms with van der Waals surface area (Å²) in [5, 5.41) is 11.0. The van der Waals surface area contributed by atoms with Crippen molar-refractivity contribution in [1.82, 2.24) is 0 Å². The summed E-state index contributed by atoms with van der Waals surface area (Å²) >= 11 is 7.44. The van der Waals surface area contributed by atoms with Crippen molar-refractivity contribution >= 4 is 29.1 Å². The number of halogens is 1. The lowest BCUT2D eigenvalue weighted by Gasteiger charge is -2.11. The predicted molar refractivity (Wildman–Crippen MR) is 77.7 cm³/mol. The van der Waals surface area contributed by atoms with Crippen molar-refractivity contribution in [1.29, 1.82) is 0 Å². The average Bonchev–Trinajstić information content (AvgIpc) is 2.42. The Labute approximate surface area is 121 Å². The molecule has 0 radical (unpaired) electrons. The number of nitro groups is 1. The van der Waals surface area contributed by atoms with Gasteiger partial charge < -0.3 is 9.47 Å². The van der Waals surface area contributed by atoms with Crippen molar-refractivity contribution in [2.75, 3.05) is 25.2 Å². The van der Waals surface area contributed by atoms with Gasteiger partial charge in [-0.3, -0.25) is 10.1 Å². The Morgan fingerprint density at radius 2 is 2.16 bits per heavy atom. The molecule has 0 fully saturated rings. The Morgan fingerprint density at radius 1 is 1.42 bits per heavy atom. The second kappa shape index (κ2) is 8.12. The molecule has 1 rings (SSSR count). The van der Waals surface area contributed by atoms with E-state index in [-0.39, 0.29) is 11.6 Å². The number of nitrogens with zero attached hydrogens (tertiary/aromatic N) is 1. The third kappa shape index (κ3) is 4.47. The third-order valence-corrected chi connectivity index (χ3v) is 3.55. The predicted octanol–water partition coefficient (Wildman–Crippen LogP) is 3.47. The Bertz CT molecular complexity index is 442. The summed E-state index contributed by atoms with van der Waals surface area (Å²) in [7, 11) is 1.49. The SMILES string of the molecule is CCSCCOc1cc([N+](=O)[O-])c(CCl)cc1OC. The molecule has 5 nitrogen and oxygen atoms in total. The van der Waals surface area contributed by atoms with Gasteiger partial charge in [0.15, 0.2) is 11.5 Å². The minimum atomic E-state index is -0.467. The molecule has 19 heavy (non-hydrogen) atoms. The molecule has 0 N–H and O–H groups in total. The molecule has 0 aliphatic carbocycles. The standard InChI is InChI=1S/C12H16ClNO4S/c1-3-19-5-4-18-12-7-10(14(15)16)9(8-13)6-11(12)17-2/h6-7H,3-5,8H2,1-2H3. The number of nitro benzene ring substituents is 1. The van der Waals surface area contributed by atoms with Crippen LogP contribution in [0.15, 0.2) is 12.1 Å². The molecule has 0 amide bonds. The second-order valence-corrected chi connectivity index (χ2v) is 5.23. The molecule has 1 aromatic carbocycles. The Balaban J connectivity index is 2.94. The third-order valence-electron chi connectivity index (χ3n) is 2.39. The van der Waals surface area contributed by atoms with Crippen LogP contribution in [0.2, 0.25) is 0 Å². The van der Waals surface area contributed by atoms with Gasteiger partial charge in [-0.15, -0.1) is 11.6 Å². The van der Waals surface area contributed by atoms with Gasteiger partial charge >= 0.3 is 0 Å². The molecule has 0 saturated heterocycles. The highest BCUT2D eigenvalue weighted by atomic mass is 35.5. The van der Waals surface area contributed by atoms with Crippen LogP contribution in [0.5, 0.6) is 11.5 Å². The lowest BCUT2D eigenvalue weighted by molar-refractivity contribution is -0.385. The largest absolute Gasteiger partial charge is 0.493 e. The quantitative estimate of drug-likeness (QED) is 0.318. The fourth-order valence-corrected chi connectivity index (χ4v) is 2.20. The number of rotatable bonds is 8. The molecular weight excluding hydrogens is 290 g/mol. The van der Waals surface area contributed by atoms with Crippen molar-refractivity contribution < 1.29 is 14.4 Å². The van der Waals surface area contributed by atoms with Gasteiger partial charge in [-0.25, -0.2) is 0 Å². The van der Waals surface area contributed by atoms with Gasteiger partial charge in [-0.05, 0) is 11.8 Å². The highest BCUT2D eigenvalue weighted by Crippen LogP contribution is 2.35. The first-order chi connectivity index (χ1) is 9.13. The first-order valence-electron chi connectivity index (χ1n) is 5.75. The highest BCUT2D eigenvalue weighted by Gasteiger charge is 2.19. The second-order valence-electron chi connectivity index (χ2n) is 3.57. The van der Waals surface area contributed by atoms with Crippen LogP contribution < -0.4 is 9.47 Å². The van der Waals surface area contributed by atoms with Crippen LogP contribution in [-0.2, 0) is 5.88 Å². The minimum absolute atomic E-state index is 0.0473. The first-order valence-corrected chi connectivity index (χ1v) is 7.44. The van der Waals surface area contributed by atoms with Crippen LogP contribution in [-0.4, -0.2) is 30.1 Å². The van der Waals surface area contributed by atoms with Crippen molar-refractivity contribution in [2.24, 2.45) is 0 Å². The topological polar surface area (TPSA) is 61.6 Å². The molecule has 7 heteroatoms. The van der Waals surface area contributed by atoms with E-state index in [1.54, 1.807) is 17.8 Å². The molecule has 1 aromatic rings. The van der Waals surface area contributed by atoms with Crippen LogP contribution in [0.4, 0.5) is 5.69 Å². The number of thioether (sulfide) groups is 1. The number of hydrogen-bond donors (Lipinski definition) is 0. The normalized spacial score (nSPS) is 10.3. The molecule has 0 aromatic heterocycles. The zero-order chi connectivity index (χ0) is 14.3. The van der Waals surface area contributed by atoms with E-state index in [1.807, 2.05) is 0 Å². The number of methoxy groups -OCH3 is 1. The highest BCUT2D eigenvalue weighted by molar-refractivity contribution is 7.99. The van der Waals surface area contributed by atoms with Gasteiger partial charge in [-0.1, -0.05) is 6.92 Å². The number of ether oxygens (including phenoxy) is 2. The van der Waals surface area contributed by atoms with Gasteiger partial charge in [0.25, 0.3) is 5.69 Å². The summed E-state index contributed by atoms with van der Waals surface area (Å²) in [6, 6.07) is 2.92. The van der Waals surface area contributed by atoms with Gasteiger partial charge in [0.05, 0.1) is 30.6 Å². The fraction of sp³-hybridized carbons (Fsp3) is 0.500. The molecular formula is C12H16ClNO4S. The molecule has 0 spiro atoms. The van der Waals surface area contributed by atoms with Gasteiger partial charge in [-0.2, -0.15) is 11.8 Å². The Hall–Kier alpha value is -1.14. The number of alkyl halides is 1. The molecule has 0 aliphatic rings. The van der Waals surface area contributed by atoms with Gasteiger partial charge in [0, 0.05) is 11.3 Å². The molecule has 0 heterocycles. The maximum atomic E-state index is 11.0. The van der Waals surface area contributed by atoms with Crippen molar-refractivity contribution in [2.45, 2.75) is 12.8 Å². The molecule has 0 saturated carbocycles. The monoisotopic (exact) mass is 305 g/mol. The molecule has 0 aliphatic heterocycles. The zero-order valence-corrected chi connectivity index (χ0v) is 12.4. The fourth-order valence-electron chi connectivity index (χ4n) is 1.50. The Morgan fingerprint density at radius 3 is 2.68 bits per heavy atom. The summed E-state index contributed by atoms with van der Waals surface area (Å²) in [5.74, 6) is 2.72. The van der Waals surface area contributed by atoms with Crippen molar-refractivity contribution in [3.8, 4) is 11.5 Å². The van der Waals surface area contributed by atoms with E-state index in [1.165, 1.54) is 13.2 Å². The van der Waals surface area contributed by atoms with E-state index < -0.39 is 4.92 Å². The summed E-state index contributed by atoms with van der Waals surface area (Å²) in [6.07, 6.45) is 0. The summed E-state index contributed by atoms with van der Waals surface area (Å²) in [5.41, 5.74) is 0.368. The maximum Gasteiger partial charge on any atom is 0.277 e. The van der Waals surface area contributed by atoms with E-state index in [9.17, 15) is 10.1 Å². The molecule has 0 bridgehead atoms. The van der Waals surface area contributed by atoms with Crippen LogP contribution in [0.3, 0.4) is 0 Å². The number of hydrogen-bond acceptors (Lipinski definition) is 5. The van der Waals surface area contributed by atoms with E-state index in [2.05, 4.69) is 6.92 Å². The van der Waals surface area contributed by atoms with Crippen molar-refractivity contribution in [3.05, 3.63) is 27.8 Å². The Kier molecular flexibility index (Phi) is 6.80. The molecule has 106 valence electrons. The first kappa shape index (κ1) is 15.9. The summed E-state index contributed by atoms with van der Waals surface area (Å²) < 4.78 is 10.7. The van der Waals surface area contributed by atoms with E-state index >= 15 is 0 Å². The van der Waals surface area contributed by atoms with Gasteiger partial charge in [0.1, 0.15) is 0 Å². The zero-order valence-electron chi connectivity index (χ0n) is 10.8. The van der Waals surface area contributed by atoms with E-state index in [0.29, 0.717) is 23.7 Å². The molecule has 0 atom stereocenters. The van der Waals surface area contributed by atoms with Crippen LogP contribution >= 0.6 is 23.4 Å².